The normalized spacial score (nSPS) is 23.9. The lowest BCUT2D eigenvalue weighted by Gasteiger charge is -2.34. The summed E-state index contributed by atoms with van der Waals surface area (Å²) in [6, 6.07) is 9.60. The third kappa shape index (κ3) is 5.60. The van der Waals surface area contributed by atoms with Crippen LogP contribution in [-0.2, 0) is 20.8 Å². The van der Waals surface area contributed by atoms with Crippen LogP contribution in [0, 0.1) is 0 Å². The molecule has 0 aliphatic carbocycles. The lowest BCUT2D eigenvalue weighted by Crippen LogP contribution is -2.53. The van der Waals surface area contributed by atoms with E-state index in [0.29, 0.717) is 6.61 Å². The summed E-state index contributed by atoms with van der Waals surface area (Å²) in [7, 11) is 0. The molecule has 1 amide bonds. The molecule has 0 bridgehead atoms. The Balaban J connectivity index is 1.97. The van der Waals surface area contributed by atoms with Crippen LogP contribution in [0.25, 0.3) is 0 Å². The van der Waals surface area contributed by atoms with Gasteiger partial charge in [-0.25, -0.2) is 4.79 Å². The molecular weight excluding hydrogens is 294 g/mol. The maximum Gasteiger partial charge on any atom is 0.408 e. The van der Waals surface area contributed by atoms with Gasteiger partial charge in [0.05, 0.1) is 18.9 Å². The van der Waals surface area contributed by atoms with Crippen LogP contribution in [0.2, 0.25) is 0 Å². The van der Waals surface area contributed by atoms with Gasteiger partial charge in [-0.1, -0.05) is 30.3 Å². The van der Waals surface area contributed by atoms with Crippen molar-refractivity contribution in [3.8, 4) is 0 Å². The Morgan fingerprint density at radius 2 is 1.96 bits per heavy atom. The summed E-state index contributed by atoms with van der Waals surface area (Å²) in [5.74, 6) is 0. The predicted octanol–water partition coefficient (Wildman–Crippen LogP) is 3.40. The van der Waals surface area contributed by atoms with E-state index in [1.54, 1.807) is 6.26 Å². The highest BCUT2D eigenvalue weighted by atomic mass is 16.6. The van der Waals surface area contributed by atoms with Gasteiger partial charge in [-0.3, -0.25) is 0 Å². The maximum absolute atomic E-state index is 12.0. The number of carbonyl (C=O) groups excluding carboxylic acids is 1. The zero-order chi connectivity index (χ0) is 16.9. The highest BCUT2D eigenvalue weighted by Crippen LogP contribution is 2.18. The van der Waals surface area contributed by atoms with Crippen molar-refractivity contribution in [3.63, 3.8) is 0 Å². The van der Waals surface area contributed by atoms with Crippen molar-refractivity contribution in [3.05, 3.63) is 48.2 Å². The van der Waals surface area contributed by atoms with Crippen LogP contribution in [0.1, 0.15) is 33.3 Å². The van der Waals surface area contributed by atoms with Crippen molar-refractivity contribution >= 4 is 6.09 Å². The Morgan fingerprint density at radius 3 is 2.61 bits per heavy atom. The second kappa shape index (κ2) is 7.51. The Bertz CT molecular complexity index is 536. The van der Waals surface area contributed by atoms with Gasteiger partial charge in [-0.2, -0.15) is 0 Å². The van der Waals surface area contributed by atoms with Crippen molar-refractivity contribution in [1.29, 1.82) is 0 Å². The van der Waals surface area contributed by atoms with E-state index in [4.69, 9.17) is 14.2 Å². The van der Waals surface area contributed by atoms with Gasteiger partial charge in [0, 0.05) is 0 Å². The van der Waals surface area contributed by atoms with Gasteiger partial charge in [-0.15, -0.1) is 0 Å². The van der Waals surface area contributed by atoms with Gasteiger partial charge in [0.1, 0.15) is 17.8 Å². The number of carbonyl (C=O) groups is 1. The molecule has 1 aromatic rings. The van der Waals surface area contributed by atoms with E-state index >= 15 is 0 Å². The second-order valence-electron chi connectivity index (χ2n) is 6.60. The molecule has 1 heterocycles. The van der Waals surface area contributed by atoms with E-state index in [2.05, 4.69) is 5.32 Å². The molecule has 1 N–H and O–H groups in total. The molecule has 1 aliphatic rings. The molecule has 2 rings (SSSR count). The van der Waals surface area contributed by atoms with E-state index in [1.807, 2.05) is 64.1 Å². The standard InChI is InChI=1S/C18H25NO4/c1-13-16(19-17(20)23-18(2,3)4)15(10-11-21-13)22-12-14-8-6-5-7-9-14/h5-11,13,15-16H,12H2,1-4H3,(H,19,20)/t13-,15-,16+/m1/s1. The van der Waals surface area contributed by atoms with Gasteiger partial charge >= 0.3 is 6.09 Å². The molecule has 0 spiro atoms. The van der Waals surface area contributed by atoms with Crippen molar-refractivity contribution in [2.45, 2.75) is 58.2 Å². The molecule has 0 radical (unpaired) electrons. The summed E-state index contributed by atoms with van der Waals surface area (Å²) in [6.45, 7) is 7.85. The third-order valence-corrected chi connectivity index (χ3v) is 3.39. The van der Waals surface area contributed by atoms with Crippen LogP contribution in [-0.4, -0.2) is 29.9 Å². The van der Waals surface area contributed by atoms with Crippen molar-refractivity contribution < 1.29 is 19.0 Å². The lowest BCUT2D eigenvalue weighted by molar-refractivity contribution is -0.0215. The molecule has 0 saturated carbocycles. The molecular formula is C18H25NO4. The quantitative estimate of drug-likeness (QED) is 0.924. The third-order valence-electron chi connectivity index (χ3n) is 3.39. The fraction of sp³-hybridized carbons (Fsp3) is 0.500. The monoisotopic (exact) mass is 319 g/mol. The number of rotatable bonds is 4. The van der Waals surface area contributed by atoms with Gasteiger partial charge < -0.3 is 19.5 Å². The van der Waals surface area contributed by atoms with Gasteiger partial charge in [0.2, 0.25) is 0 Å². The zero-order valence-electron chi connectivity index (χ0n) is 14.1. The van der Waals surface area contributed by atoms with Gasteiger partial charge in [0.15, 0.2) is 0 Å². The first kappa shape index (κ1) is 17.3. The van der Waals surface area contributed by atoms with Gasteiger partial charge in [-0.05, 0) is 39.3 Å². The average Bonchev–Trinajstić information content (AvgIpc) is 2.47. The molecule has 0 saturated heterocycles. The first-order valence-electron chi connectivity index (χ1n) is 7.82. The number of amides is 1. The Morgan fingerprint density at radius 1 is 1.26 bits per heavy atom. The number of benzene rings is 1. The molecule has 126 valence electrons. The number of alkyl carbamates (subject to hydrolysis) is 1. The molecule has 23 heavy (non-hydrogen) atoms. The van der Waals surface area contributed by atoms with E-state index in [0.717, 1.165) is 5.56 Å². The lowest BCUT2D eigenvalue weighted by atomic mass is 10.0. The number of hydrogen-bond donors (Lipinski definition) is 1. The van der Waals surface area contributed by atoms with Crippen LogP contribution in [0.4, 0.5) is 4.79 Å². The number of ether oxygens (including phenoxy) is 3. The molecule has 0 unspecified atom stereocenters. The number of hydrogen-bond acceptors (Lipinski definition) is 4. The Hall–Kier alpha value is -2.01. The van der Waals surface area contributed by atoms with Gasteiger partial charge in [0.25, 0.3) is 0 Å². The summed E-state index contributed by atoms with van der Waals surface area (Å²) in [5, 5.41) is 2.85. The molecule has 0 aromatic heterocycles. The largest absolute Gasteiger partial charge is 0.496 e. The van der Waals surface area contributed by atoms with Crippen LogP contribution in [0.3, 0.4) is 0 Å². The SMILES string of the molecule is C[C@H]1OC=C[C@@H](OCc2ccccc2)[C@H]1NC(=O)OC(C)(C)C. The Labute approximate surface area is 137 Å². The summed E-state index contributed by atoms with van der Waals surface area (Å²) in [6.07, 6.45) is 2.49. The molecule has 5 nitrogen and oxygen atoms in total. The molecule has 5 heteroatoms. The minimum absolute atomic E-state index is 0.201. The van der Waals surface area contributed by atoms with E-state index in [9.17, 15) is 4.79 Å². The number of nitrogens with one attached hydrogen (secondary N) is 1. The van der Waals surface area contributed by atoms with Crippen LogP contribution < -0.4 is 5.32 Å². The van der Waals surface area contributed by atoms with Crippen LogP contribution in [0.5, 0.6) is 0 Å². The fourth-order valence-corrected chi connectivity index (χ4v) is 2.29. The first-order chi connectivity index (χ1) is 10.8. The average molecular weight is 319 g/mol. The molecule has 3 atom stereocenters. The fourth-order valence-electron chi connectivity index (χ4n) is 2.29. The van der Waals surface area contributed by atoms with Crippen molar-refractivity contribution in [2.75, 3.05) is 0 Å². The van der Waals surface area contributed by atoms with E-state index < -0.39 is 11.7 Å². The summed E-state index contributed by atoms with van der Waals surface area (Å²) in [5.41, 5.74) is 0.537. The minimum Gasteiger partial charge on any atom is -0.496 e. The van der Waals surface area contributed by atoms with E-state index in [-0.39, 0.29) is 18.2 Å². The second-order valence-corrected chi connectivity index (χ2v) is 6.60. The smallest absolute Gasteiger partial charge is 0.408 e. The molecule has 0 fully saturated rings. The van der Waals surface area contributed by atoms with E-state index in [1.165, 1.54) is 0 Å². The highest BCUT2D eigenvalue weighted by Gasteiger charge is 2.32. The maximum atomic E-state index is 12.0. The van der Waals surface area contributed by atoms with Crippen LogP contribution >= 0.6 is 0 Å². The van der Waals surface area contributed by atoms with Crippen LogP contribution in [0.15, 0.2) is 42.7 Å². The summed E-state index contributed by atoms with van der Waals surface area (Å²) >= 11 is 0. The summed E-state index contributed by atoms with van der Waals surface area (Å²) in [4.78, 5) is 12.0. The van der Waals surface area contributed by atoms with Crippen molar-refractivity contribution in [2.24, 2.45) is 0 Å². The molecule has 1 aliphatic heterocycles. The zero-order valence-corrected chi connectivity index (χ0v) is 14.1. The highest BCUT2D eigenvalue weighted by molar-refractivity contribution is 5.68. The van der Waals surface area contributed by atoms with Crippen molar-refractivity contribution in [1.82, 2.24) is 5.32 Å². The Kier molecular flexibility index (Phi) is 5.66. The molecule has 1 aromatic carbocycles. The summed E-state index contributed by atoms with van der Waals surface area (Å²) < 4.78 is 16.7. The minimum atomic E-state index is -0.543. The first-order valence-corrected chi connectivity index (χ1v) is 7.82. The topological polar surface area (TPSA) is 56.8 Å². The predicted molar refractivity (Wildman–Crippen MR) is 87.9 cm³/mol.